The Morgan fingerprint density at radius 3 is 2.19 bits per heavy atom. The number of nitrogens with zero attached hydrogens (tertiary/aromatic N) is 1. The van der Waals surface area contributed by atoms with Crippen LogP contribution in [0.4, 0.5) is 0 Å². The van der Waals surface area contributed by atoms with Gasteiger partial charge < -0.3 is 14.7 Å². The summed E-state index contributed by atoms with van der Waals surface area (Å²) in [6.07, 6.45) is 2.12. The van der Waals surface area contributed by atoms with Crippen molar-refractivity contribution in [3.8, 4) is 0 Å². The zero-order chi connectivity index (χ0) is 18.2. The minimum Gasteiger partial charge on any atom is -0.389 e. The highest BCUT2D eigenvalue weighted by Gasteiger charge is 2.20. The number of hydrogen-bond acceptors (Lipinski definition) is 3. The smallest absolute Gasteiger partial charge is 0.0900 e. The van der Waals surface area contributed by atoms with Crippen molar-refractivity contribution >= 4 is 0 Å². The van der Waals surface area contributed by atoms with Gasteiger partial charge in [-0.1, -0.05) is 67.6 Å². The summed E-state index contributed by atoms with van der Waals surface area (Å²) in [5.74, 6) is 0.928. The van der Waals surface area contributed by atoms with E-state index in [0.717, 1.165) is 19.0 Å². The van der Waals surface area contributed by atoms with Crippen molar-refractivity contribution < 1.29 is 9.84 Å². The fourth-order valence-corrected chi connectivity index (χ4v) is 3.88. The largest absolute Gasteiger partial charge is 0.389 e. The molecule has 3 heteroatoms. The van der Waals surface area contributed by atoms with E-state index in [0.29, 0.717) is 19.8 Å². The van der Waals surface area contributed by atoms with Gasteiger partial charge in [-0.3, -0.25) is 0 Å². The van der Waals surface area contributed by atoms with Gasteiger partial charge >= 0.3 is 0 Å². The molecule has 140 valence electrons. The number of benzene rings is 2. The van der Waals surface area contributed by atoms with Gasteiger partial charge in [-0.2, -0.15) is 0 Å². The van der Waals surface area contributed by atoms with E-state index in [1.807, 2.05) is 12.1 Å². The fourth-order valence-electron chi connectivity index (χ4n) is 3.88. The highest BCUT2D eigenvalue weighted by atomic mass is 16.5. The quantitative estimate of drug-likeness (QED) is 0.780. The molecular formula is C23H31NO2. The third-order valence-electron chi connectivity index (χ3n) is 5.21. The standard InChI is InChI=1S/C23H31NO2/c1-19-9-8-14-24(15-19)16-22(25)17-26-18-23(20-10-4-2-5-11-20)21-12-6-3-7-13-21/h2-7,10-13,19,22-23,25H,8-9,14-18H2,1H3/t19-,22-/m0/s1. The second-order valence-corrected chi connectivity index (χ2v) is 7.57. The molecule has 0 bridgehead atoms. The Kier molecular flexibility index (Phi) is 7.24. The van der Waals surface area contributed by atoms with Gasteiger partial charge in [-0.15, -0.1) is 0 Å². The SMILES string of the molecule is C[C@H]1CCCN(C[C@H](O)COCC(c2ccccc2)c2ccccc2)C1. The summed E-state index contributed by atoms with van der Waals surface area (Å²) in [6.45, 7) is 6.17. The molecule has 2 atom stereocenters. The molecule has 0 unspecified atom stereocenters. The number of piperidine rings is 1. The Morgan fingerprint density at radius 2 is 1.62 bits per heavy atom. The van der Waals surface area contributed by atoms with E-state index in [9.17, 15) is 5.11 Å². The van der Waals surface area contributed by atoms with Gasteiger partial charge in [-0.05, 0) is 36.4 Å². The normalized spacial score (nSPS) is 19.6. The van der Waals surface area contributed by atoms with Crippen LogP contribution in [0.5, 0.6) is 0 Å². The summed E-state index contributed by atoms with van der Waals surface area (Å²) in [4.78, 5) is 2.37. The molecule has 1 aliphatic heterocycles. The van der Waals surface area contributed by atoms with Crippen LogP contribution in [0, 0.1) is 5.92 Å². The van der Waals surface area contributed by atoms with Crippen molar-refractivity contribution in [2.75, 3.05) is 32.8 Å². The van der Waals surface area contributed by atoms with Gasteiger partial charge in [0.25, 0.3) is 0 Å². The second kappa shape index (κ2) is 9.86. The number of likely N-dealkylation sites (tertiary alicyclic amines) is 1. The van der Waals surface area contributed by atoms with Crippen LogP contribution in [-0.2, 0) is 4.74 Å². The van der Waals surface area contributed by atoms with Gasteiger partial charge in [0, 0.05) is 19.0 Å². The predicted molar refractivity (Wildman–Crippen MR) is 106 cm³/mol. The summed E-state index contributed by atoms with van der Waals surface area (Å²) >= 11 is 0. The molecule has 1 saturated heterocycles. The molecule has 0 radical (unpaired) electrons. The van der Waals surface area contributed by atoms with Gasteiger partial charge in [-0.25, -0.2) is 0 Å². The van der Waals surface area contributed by atoms with Crippen molar-refractivity contribution in [1.29, 1.82) is 0 Å². The lowest BCUT2D eigenvalue weighted by molar-refractivity contribution is 0.00786. The summed E-state index contributed by atoms with van der Waals surface area (Å²) < 4.78 is 5.96. The number of ether oxygens (including phenoxy) is 1. The molecule has 2 aromatic rings. The maximum Gasteiger partial charge on any atom is 0.0900 e. The third kappa shape index (κ3) is 5.66. The first-order chi connectivity index (χ1) is 12.7. The van der Waals surface area contributed by atoms with Crippen LogP contribution in [0.15, 0.2) is 60.7 Å². The molecule has 0 aliphatic carbocycles. The maximum absolute atomic E-state index is 10.4. The van der Waals surface area contributed by atoms with Crippen LogP contribution in [0.3, 0.4) is 0 Å². The molecule has 1 fully saturated rings. The summed E-state index contributed by atoms with van der Waals surface area (Å²) in [7, 11) is 0. The second-order valence-electron chi connectivity index (χ2n) is 7.57. The van der Waals surface area contributed by atoms with Gasteiger partial charge in [0.15, 0.2) is 0 Å². The average molecular weight is 354 g/mol. The first-order valence-corrected chi connectivity index (χ1v) is 9.80. The van der Waals surface area contributed by atoms with Crippen LogP contribution in [-0.4, -0.2) is 49.0 Å². The molecule has 0 saturated carbocycles. The van der Waals surface area contributed by atoms with Gasteiger partial charge in [0.05, 0.1) is 19.3 Å². The van der Waals surface area contributed by atoms with Crippen LogP contribution in [0.2, 0.25) is 0 Å². The van der Waals surface area contributed by atoms with Crippen molar-refractivity contribution in [1.82, 2.24) is 4.90 Å². The molecule has 26 heavy (non-hydrogen) atoms. The molecule has 0 spiro atoms. The lowest BCUT2D eigenvalue weighted by atomic mass is 9.92. The van der Waals surface area contributed by atoms with E-state index < -0.39 is 6.10 Å². The monoisotopic (exact) mass is 353 g/mol. The highest BCUT2D eigenvalue weighted by molar-refractivity contribution is 5.32. The Balaban J connectivity index is 1.53. The van der Waals surface area contributed by atoms with E-state index in [1.54, 1.807) is 0 Å². The summed E-state index contributed by atoms with van der Waals surface area (Å²) in [5.41, 5.74) is 2.50. The van der Waals surface area contributed by atoms with E-state index in [-0.39, 0.29) is 5.92 Å². The van der Waals surface area contributed by atoms with Crippen LogP contribution < -0.4 is 0 Å². The average Bonchev–Trinajstić information content (AvgIpc) is 2.67. The topological polar surface area (TPSA) is 32.7 Å². The van der Waals surface area contributed by atoms with Crippen LogP contribution in [0.25, 0.3) is 0 Å². The van der Waals surface area contributed by atoms with E-state index in [1.165, 1.54) is 24.0 Å². The van der Waals surface area contributed by atoms with Gasteiger partial charge in [0.2, 0.25) is 0 Å². The van der Waals surface area contributed by atoms with E-state index in [4.69, 9.17) is 4.74 Å². The van der Waals surface area contributed by atoms with Crippen LogP contribution in [0.1, 0.15) is 36.8 Å². The lowest BCUT2D eigenvalue weighted by Crippen LogP contribution is -2.40. The maximum atomic E-state index is 10.4. The van der Waals surface area contributed by atoms with Crippen molar-refractivity contribution in [2.45, 2.75) is 31.8 Å². The fraction of sp³-hybridized carbons (Fsp3) is 0.478. The molecule has 1 N–H and O–H groups in total. The Labute approximate surface area is 157 Å². The number of aliphatic hydroxyl groups is 1. The van der Waals surface area contributed by atoms with E-state index >= 15 is 0 Å². The van der Waals surface area contributed by atoms with Crippen LogP contribution >= 0.6 is 0 Å². The number of aliphatic hydroxyl groups excluding tert-OH is 1. The zero-order valence-corrected chi connectivity index (χ0v) is 15.8. The number of rotatable bonds is 8. The first-order valence-electron chi connectivity index (χ1n) is 9.80. The van der Waals surface area contributed by atoms with Crippen molar-refractivity contribution in [3.63, 3.8) is 0 Å². The lowest BCUT2D eigenvalue weighted by Gasteiger charge is -2.32. The molecule has 1 aliphatic rings. The molecule has 1 heterocycles. The molecule has 0 aromatic heterocycles. The Bertz CT molecular complexity index is 592. The number of hydrogen-bond donors (Lipinski definition) is 1. The molecule has 2 aromatic carbocycles. The molecule has 3 nitrogen and oxygen atoms in total. The van der Waals surface area contributed by atoms with Gasteiger partial charge in [0.1, 0.15) is 0 Å². The molecular weight excluding hydrogens is 322 g/mol. The summed E-state index contributed by atoms with van der Waals surface area (Å²) in [6, 6.07) is 20.9. The zero-order valence-electron chi connectivity index (χ0n) is 15.8. The van der Waals surface area contributed by atoms with Crippen molar-refractivity contribution in [2.24, 2.45) is 5.92 Å². The minimum atomic E-state index is -0.424. The highest BCUT2D eigenvalue weighted by Crippen LogP contribution is 2.25. The summed E-state index contributed by atoms with van der Waals surface area (Å²) in [5, 5.41) is 10.4. The van der Waals surface area contributed by atoms with E-state index in [2.05, 4.69) is 60.4 Å². The first kappa shape index (κ1) is 19.1. The third-order valence-corrected chi connectivity index (χ3v) is 5.21. The number of β-amino-alcohol motifs (C(OH)–C–C–N with tert-alkyl or cyclic N) is 1. The predicted octanol–water partition coefficient (Wildman–Crippen LogP) is 3.93. The molecule has 0 amide bonds. The van der Waals surface area contributed by atoms with Crippen molar-refractivity contribution in [3.05, 3.63) is 71.8 Å². The Morgan fingerprint density at radius 1 is 1.00 bits per heavy atom. The molecule has 3 rings (SSSR count). The Hall–Kier alpha value is -1.68. The minimum absolute atomic E-state index is 0.194.